The van der Waals surface area contributed by atoms with Gasteiger partial charge in [-0.3, -0.25) is 4.90 Å². The minimum atomic E-state index is 0.662. The van der Waals surface area contributed by atoms with Crippen LogP contribution in [0.5, 0.6) is 0 Å². The van der Waals surface area contributed by atoms with Gasteiger partial charge in [-0.15, -0.1) is 0 Å². The van der Waals surface area contributed by atoms with Crippen LogP contribution in [0.2, 0.25) is 0 Å². The molecule has 1 aliphatic rings. The number of rotatable bonds is 8. The highest BCUT2D eigenvalue weighted by Crippen LogP contribution is 2.20. The molecule has 0 aromatic heterocycles. The van der Waals surface area contributed by atoms with Crippen LogP contribution >= 0.6 is 0 Å². The molecule has 0 bridgehead atoms. The van der Waals surface area contributed by atoms with Crippen LogP contribution in [0.15, 0.2) is 24.3 Å². The van der Waals surface area contributed by atoms with Gasteiger partial charge in [0.2, 0.25) is 0 Å². The second-order valence-corrected chi connectivity index (χ2v) is 5.98. The maximum Gasteiger partial charge on any atom is 0.0236 e. The Bertz CT molecular complexity index is 385. The van der Waals surface area contributed by atoms with Crippen molar-refractivity contribution in [1.82, 2.24) is 10.2 Å². The number of nitrogens with zero attached hydrogens (tertiary/aromatic N) is 1. The van der Waals surface area contributed by atoms with E-state index >= 15 is 0 Å². The van der Waals surface area contributed by atoms with Crippen LogP contribution in [-0.4, -0.2) is 24.0 Å². The Morgan fingerprint density at radius 3 is 2.58 bits per heavy atom. The fraction of sp³-hybridized carbons (Fsp3) is 0.647. The molecule has 1 unspecified atom stereocenters. The molecule has 2 nitrogen and oxygen atoms in total. The van der Waals surface area contributed by atoms with Crippen LogP contribution in [0.25, 0.3) is 0 Å². The molecule has 1 fully saturated rings. The van der Waals surface area contributed by atoms with Gasteiger partial charge in [-0.1, -0.05) is 37.6 Å². The molecule has 1 atom stereocenters. The maximum atomic E-state index is 3.62. The maximum absolute atomic E-state index is 3.62. The van der Waals surface area contributed by atoms with E-state index in [1.54, 1.807) is 0 Å². The standard InChI is InChI=1S/C17H28N2/c1-4-7-14(2)19(3)13-16-9-6-5-8-15(16)12-18-17-10-11-17/h5-6,8-9,14,17-18H,4,7,10-13H2,1-3H3. The largest absolute Gasteiger partial charge is 0.310 e. The van der Waals surface area contributed by atoms with Gasteiger partial charge in [0.25, 0.3) is 0 Å². The molecule has 1 aromatic rings. The molecule has 0 saturated heterocycles. The lowest BCUT2D eigenvalue weighted by Gasteiger charge is -2.25. The quantitative estimate of drug-likeness (QED) is 0.769. The van der Waals surface area contributed by atoms with E-state index in [4.69, 9.17) is 0 Å². The van der Waals surface area contributed by atoms with Gasteiger partial charge in [0, 0.05) is 25.2 Å². The summed E-state index contributed by atoms with van der Waals surface area (Å²) in [4.78, 5) is 2.47. The molecule has 1 aliphatic carbocycles. The molecule has 0 aliphatic heterocycles. The molecule has 2 heteroatoms. The van der Waals surface area contributed by atoms with Crippen molar-refractivity contribution in [2.24, 2.45) is 0 Å². The average Bonchev–Trinajstić information content (AvgIpc) is 3.22. The molecule has 1 saturated carbocycles. The zero-order chi connectivity index (χ0) is 13.7. The molecule has 2 rings (SSSR count). The zero-order valence-electron chi connectivity index (χ0n) is 12.7. The molecule has 1 N–H and O–H groups in total. The molecule has 106 valence electrons. The molecule has 1 aromatic carbocycles. The highest BCUT2D eigenvalue weighted by Gasteiger charge is 2.20. The molecule has 0 heterocycles. The van der Waals surface area contributed by atoms with Crippen LogP contribution in [0.1, 0.15) is 50.7 Å². The number of nitrogens with one attached hydrogen (secondary N) is 1. The van der Waals surface area contributed by atoms with E-state index in [0.717, 1.165) is 19.1 Å². The predicted molar refractivity (Wildman–Crippen MR) is 82.1 cm³/mol. The number of hydrogen-bond acceptors (Lipinski definition) is 2. The van der Waals surface area contributed by atoms with Gasteiger partial charge in [0.05, 0.1) is 0 Å². The Hall–Kier alpha value is -0.860. The van der Waals surface area contributed by atoms with Crippen LogP contribution in [0, 0.1) is 0 Å². The number of hydrogen-bond donors (Lipinski definition) is 1. The van der Waals surface area contributed by atoms with E-state index in [0.29, 0.717) is 6.04 Å². The predicted octanol–water partition coefficient (Wildman–Crippen LogP) is 3.56. The van der Waals surface area contributed by atoms with E-state index in [1.165, 1.54) is 36.8 Å². The fourth-order valence-corrected chi connectivity index (χ4v) is 2.49. The Morgan fingerprint density at radius 1 is 1.26 bits per heavy atom. The van der Waals surface area contributed by atoms with Gasteiger partial charge in [0.1, 0.15) is 0 Å². The van der Waals surface area contributed by atoms with Crippen LogP contribution in [0.3, 0.4) is 0 Å². The highest BCUT2D eigenvalue weighted by molar-refractivity contribution is 5.27. The SMILES string of the molecule is CCCC(C)N(C)Cc1ccccc1CNC1CC1. The summed E-state index contributed by atoms with van der Waals surface area (Å²) in [5.41, 5.74) is 2.94. The third-order valence-corrected chi connectivity index (χ3v) is 4.16. The zero-order valence-corrected chi connectivity index (χ0v) is 12.7. The van der Waals surface area contributed by atoms with Gasteiger partial charge in [0.15, 0.2) is 0 Å². The number of benzene rings is 1. The molecular formula is C17H28N2. The van der Waals surface area contributed by atoms with Crippen LogP contribution in [-0.2, 0) is 13.1 Å². The summed E-state index contributed by atoms with van der Waals surface area (Å²) in [6, 6.07) is 10.3. The van der Waals surface area contributed by atoms with E-state index in [9.17, 15) is 0 Å². The first kappa shape index (κ1) is 14.5. The first-order valence-corrected chi connectivity index (χ1v) is 7.71. The molecular weight excluding hydrogens is 232 g/mol. The minimum Gasteiger partial charge on any atom is -0.310 e. The lowest BCUT2D eigenvalue weighted by molar-refractivity contribution is 0.236. The molecule has 19 heavy (non-hydrogen) atoms. The second-order valence-electron chi connectivity index (χ2n) is 5.98. The normalized spacial score (nSPS) is 16.8. The van der Waals surface area contributed by atoms with Crippen molar-refractivity contribution in [1.29, 1.82) is 0 Å². The molecule has 0 spiro atoms. The van der Waals surface area contributed by atoms with Crippen molar-refractivity contribution in [3.63, 3.8) is 0 Å². The second kappa shape index (κ2) is 7.06. The van der Waals surface area contributed by atoms with Gasteiger partial charge in [-0.25, -0.2) is 0 Å². The van der Waals surface area contributed by atoms with Gasteiger partial charge in [-0.2, -0.15) is 0 Å². The van der Waals surface area contributed by atoms with Gasteiger partial charge < -0.3 is 5.32 Å². The van der Waals surface area contributed by atoms with E-state index in [2.05, 4.69) is 55.4 Å². The van der Waals surface area contributed by atoms with Crippen LogP contribution in [0.4, 0.5) is 0 Å². The first-order chi connectivity index (χ1) is 9.20. The monoisotopic (exact) mass is 260 g/mol. The molecule has 0 radical (unpaired) electrons. The van der Waals surface area contributed by atoms with Crippen molar-refractivity contribution >= 4 is 0 Å². The smallest absolute Gasteiger partial charge is 0.0236 e. The summed E-state index contributed by atoms with van der Waals surface area (Å²) in [5.74, 6) is 0. The Morgan fingerprint density at radius 2 is 1.95 bits per heavy atom. The Labute approximate surface area is 118 Å². The third kappa shape index (κ3) is 4.63. The summed E-state index contributed by atoms with van der Waals surface area (Å²) < 4.78 is 0. The van der Waals surface area contributed by atoms with Crippen molar-refractivity contribution in [3.8, 4) is 0 Å². The minimum absolute atomic E-state index is 0.662. The third-order valence-electron chi connectivity index (χ3n) is 4.16. The van der Waals surface area contributed by atoms with Crippen molar-refractivity contribution in [3.05, 3.63) is 35.4 Å². The van der Waals surface area contributed by atoms with Crippen molar-refractivity contribution < 1.29 is 0 Å². The Kier molecular flexibility index (Phi) is 5.41. The van der Waals surface area contributed by atoms with E-state index in [1.807, 2.05) is 0 Å². The summed E-state index contributed by atoms with van der Waals surface area (Å²) in [6.45, 7) is 6.67. The van der Waals surface area contributed by atoms with Crippen LogP contribution < -0.4 is 5.32 Å². The lowest BCUT2D eigenvalue weighted by Crippen LogP contribution is -2.29. The first-order valence-electron chi connectivity index (χ1n) is 7.71. The fourth-order valence-electron chi connectivity index (χ4n) is 2.49. The van der Waals surface area contributed by atoms with E-state index in [-0.39, 0.29) is 0 Å². The van der Waals surface area contributed by atoms with Gasteiger partial charge >= 0.3 is 0 Å². The van der Waals surface area contributed by atoms with E-state index < -0.39 is 0 Å². The summed E-state index contributed by atoms with van der Waals surface area (Å²) >= 11 is 0. The molecule has 0 amide bonds. The summed E-state index contributed by atoms with van der Waals surface area (Å²) in [6.07, 6.45) is 5.25. The summed E-state index contributed by atoms with van der Waals surface area (Å²) in [5, 5.41) is 3.62. The van der Waals surface area contributed by atoms with Gasteiger partial charge in [-0.05, 0) is 44.4 Å². The lowest BCUT2D eigenvalue weighted by atomic mass is 10.1. The van der Waals surface area contributed by atoms with Crippen molar-refractivity contribution in [2.75, 3.05) is 7.05 Å². The topological polar surface area (TPSA) is 15.3 Å². The van der Waals surface area contributed by atoms with Crippen molar-refractivity contribution in [2.45, 2.75) is 64.7 Å². The highest BCUT2D eigenvalue weighted by atomic mass is 15.1. The summed E-state index contributed by atoms with van der Waals surface area (Å²) in [7, 11) is 2.24. The Balaban J connectivity index is 1.93. The average molecular weight is 260 g/mol.